The maximum atomic E-state index is 11.0. The lowest BCUT2D eigenvalue weighted by atomic mass is 10.2. The molecule has 2 heterocycles. The third-order valence-corrected chi connectivity index (χ3v) is 2.77. The van der Waals surface area contributed by atoms with Crippen molar-refractivity contribution < 1.29 is 14.6 Å². The summed E-state index contributed by atoms with van der Waals surface area (Å²) in [5.74, 6) is -0.387. The molecule has 6 nitrogen and oxygen atoms in total. The summed E-state index contributed by atoms with van der Waals surface area (Å²) >= 11 is 0. The smallest absolute Gasteiger partial charge is 0.339 e. The van der Waals surface area contributed by atoms with Crippen molar-refractivity contribution in [2.45, 2.75) is 13.8 Å². The Labute approximate surface area is 99.2 Å². The van der Waals surface area contributed by atoms with Gasteiger partial charge in [0.05, 0.1) is 24.6 Å². The van der Waals surface area contributed by atoms with Crippen LogP contribution in [0, 0.1) is 13.8 Å². The van der Waals surface area contributed by atoms with E-state index in [1.165, 1.54) is 0 Å². The minimum Gasteiger partial charge on any atom is -0.478 e. The van der Waals surface area contributed by atoms with Crippen molar-refractivity contribution in [1.82, 2.24) is 9.97 Å². The molecule has 0 aromatic carbocycles. The second kappa shape index (κ2) is 4.67. The van der Waals surface area contributed by atoms with Gasteiger partial charge in [-0.15, -0.1) is 0 Å². The van der Waals surface area contributed by atoms with Crippen LogP contribution < -0.4 is 4.90 Å². The number of hydrogen-bond donors (Lipinski definition) is 1. The molecule has 1 fully saturated rings. The molecule has 0 radical (unpaired) electrons. The van der Waals surface area contributed by atoms with Crippen LogP contribution in [0.5, 0.6) is 0 Å². The fourth-order valence-electron chi connectivity index (χ4n) is 1.91. The number of aromatic nitrogens is 2. The van der Waals surface area contributed by atoms with Crippen LogP contribution in [0.15, 0.2) is 0 Å². The van der Waals surface area contributed by atoms with E-state index in [0.29, 0.717) is 30.5 Å². The van der Waals surface area contributed by atoms with Crippen molar-refractivity contribution in [2.24, 2.45) is 0 Å². The molecule has 0 aliphatic carbocycles. The van der Waals surface area contributed by atoms with Crippen molar-refractivity contribution >= 4 is 11.9 Å². The minimum atomic E-state index is -0.978. The molecule has 17 heavy (non-hydrogen) atoms. The number of aryl methyl sites for hydroxylation is 2. The van der Waals surface area contributed by atoms with Crippen LogP contribution in [-0.2, 0) is 4.74 Å². The van der Waals surface area contributed by atoms with Gasteiger partial charge in [0.25, 0.3) is 0 Å². The molecule has 6 heteroatoms. The Morgan fingerprint density at radius 2 is 1.76 bits per heavy atom. The molecule has 0 saturated carbocycles. The molecule has 0 amide bonds. The van der Waals surface area contributed by atoms with Gasteiger partial charge in [0.1, 0.15) is 5.56 Å². The Balaban J connectivity index is 2.34. The van der Waals surface area contributed by atoms with Crippen LogP contribution in [0.1, 0.15) is 21.7 Å². The van der Waals surface area contributed by atoms with E-state index >= 15 is 0 Å². The Morgan fingerprint density at radius 3 is 2.24 bits per heavy atom. The number of carboxylic acid groups (broad SMARTS) is 1. The fraction of sp³-hybridized carbons (Fsp3) is 0.545. The fourth-order valence-corrected chi connectivity index (χ4v) is 1.91. The lowest BCUT2D eigenvalue weighted by Crippen LogP contribution is -2.37. The highest BCUT2D eigenvalue weighted by atomic mass is 16.5. The van der Waals surface area contributed by atoms with Gasteiger partial charge < -0.3 is 14.7 Å². The van der Waals surface area contributed by atoms with Crippen LogP contribution in [-0.4, -0.2) is 47.3 Å². The van der Waals surface area contributed by atoms with E-state index in [1.807, 2.05) is 4.90 Å². The van der Waals surface area contributed by atoms with Crippen molar-refractivity contribution in [3.8, 4) is 0 Å². The molecular weight excluding hydrogens is 222 g/mol. The zero-order valence-electron chi connectivity index (χ0n) is 9.93. The summed E-state index contributed by atoms with van der Waals surface area (Å²) in [4.78, 5) is 21.5. The molecule has 92 valence electrons. The summed E-state index contributed by atoms with van der Waals surface area (Å²) in [6, 6.07) is 0. The van der Waals surface area contributed by atoms with E-state index in [2.05, 4.69) is 9.97 Å². The number of rotatable bonds is 2. The van der Waals surface area contributed by atoms with E-state index in [0.717, 1.165) is 13.1 Å². The lowest BCUT2D eigenvalue weighted by Gasteiger charge is -2.27. The predicted octanol–water partition coefficient (Wildman–Crippen LogP) is 0.628. The maximum Gasteiger partial charge on any atom is 0.339 e. The predicted molar refractivity (Wildman–Crippen MR) is 61.5 cm³/mol. The van der Waals surface area contributed by atoms with Gasteiger partial charge in [-0.05, 0) is 13.8 Å². The normalized spacial score (nSPS) is 16.0. The summed E-state index contributed by atoms with van der Waals surface area (Å²) in [6.07, 6.45) is 0. The van der Waals surface area contributed by atoms with Crippen molar-refractivity contribution in [1.29, 1.82) is 0 Å². The number of ether oxygens (including phenoxy) is 1. The molecule has 1 aromatic rings. The number of carboxylic acids is 1. The van der Waals surface area contributed by atoms with E-state index in [9.17, 15) is 4.79 Å². The number of aromatic carboxylic acids is 1. The number of hydrogen-bond acceptors (Lipinski definition) is 5. The molecule has 0 spiro atoms. The van der Waals surface area contributed by atoms with Crippen molar-refractivity contribution in [2.75, 3.05) is 31.2 Å². The average molecular weight is 237 g/mol. The Hall–Kier alpha value is -1.69. The summed E-state index contributed by atoms with van der Waals surface area (Å²) in [5.41, 5.74) is 1.21. The maximum absolute atomic E-state index is 11.0. The van der Waals surface area contributed by atoms with Gasteiger partial charge in [-0.3, -0.25) is 0 Å². The Kier molecular flexibility index (Phi) is 3.23. The standard InChI is InChI=1S/C11H15N3O3/c1-7-9(10(15)16)8(2)13-11(12-7)14-3-5-17-6-4-14/h3-6H2,1-2H3,(H,15,16). The third kappa shape index (κ3) is 2.36. The van der Waals surface area contributed by atoms with Crippen LogP contribution in [0.2, 0.25) is 0 Å². The van der Waals surface area contributed by atoms with Crippen molar-refractivity contribution in [3.63, 3.8) is 0 Å². The molecule has 1 aliphatic rings. The van der Waals surface area contributed by atoms with E-state index in [1.54, 1.807) is 13.8 Å². The van der Waals surface area contributed by atoms with Gasteiger partial charge in [-0.25, -0.2) is 14.8 Å². The van der Waals surface area contributed by atoms with E-state index in [-0.39, 0.29) is 5.56 Å². The monoisotopic (exact) mass is 237 g/mol. The van der Waals surface area contributed by atoms with E-state index < -0.39 is 5.97 Å². The third-order valence-electron chi connectivity index (χ3n) is 2.77. The summed E-state index contributed by atoms with van der Waals surface area (Å²) in [6.45, 7) is 6.19. The Morgan fingerprint density at radius 1 is 1.24 bits per heavy atom. The summed E-state index contributed by atoms with van der Waals surface area (Å²) < 4.78 is 5.25. The first-order chi connectivity index (χ1) is 8.09. The van der Waals surface area contributed by atoms with Gasteiger partial charge in [0.2, 0.25) is 5.95 Å². The molecule has 1 aliphatic heterocycles. The highest BCUT2D eigenvalue weighted by Gasteiger charge is 2.19. The second-order valence-electron chi connectivity index (χ2n) is 3.97. The molecule has 2 rings (SSSR count). The summed E-state index contributed by atoms with van der Waals surface area (Å²) in [5, 5.41) is 9.03. The minimum absolute atomic E-state index is 0.196. The quantitative estimate of drug-likeness (QED) is 0.813. The first kappa shape index (κ1) is 11.8. The Bertz CT molecular complexity index is 419. The largest absolute Gasteiger partial charge is 0.478 e. The molecule has 0 atom stereocenters. The van der Waals surface area contributed by atoms with Gasteiger partial charge in [0.15, 0.2) is 0 Å². The van der Waals surface area contributed by atoms with Gasteiger partial charge in [-0.1, -0.05) is 0 Å². The number of anilines is 1. The molecule has 0 bridgehead atoms. The zero-order valence-corrected chi connectivity index (χ0v) is 9.93. The number of carbonyl (C=O) groups is 1. The van der Waals surface area contributed by atoms with Crippen LogP contribution in [0.3, 0.4) is 0 Å². The average Bonchev–Trinajstić information content (AvgIpc) is 2.28. The van der Waals surface area contributed by atoms with Gasteiger partial charge >= 0.3 is 5.97 Å². The lowest BCUT2D eigenvalue weighted by molar-refractivity contribution is 0.0694. The van der Waals surface area contributed by atoms with Crippen LogP contribution in [0.25, 0.3) is 0 Å². The second-order valence-corrected chi connectivity index (χ2v) is 3.97. The number of nitrogens with zero attached hydrogens (tertiary/aromatic N) is 3. The molecular formula is C11H15N3O3. The highest BCUT2D eigenvalue weighted by Crippen LogP contribution is 2.16. The molecule has 1 N–H and O–H groups in total. The topological polar surface area (TPSA) is 75.5 Å². The molecule has 1 saturated heterocycles. The zero-order chi connectivity index (χ0) is 12.4. The number of morpholine rings is 1. The summed E-state index contributed by atoms with van der Waals surface area (Å²) in [7, 11) is 0. The van der Waals surface area contributed by atoms with E-state index in [4.69, 9.17) is 9.84 Å². The first-order valence-electron chi connectivity index (χ1n) is 5.51. The molecule has 1 aromatic heterocycles. The van der Waals surface area contributed by atoms with Gasteiger partial charge in [-0.2, -0.15) is 0 Å². The van der Waals surface area contributed by atoms with Crippen molar-refractivity contribution in [3.05, 3.63) is 17.0 Å². The SMILES string of the molecule is Cc1nc(N2CCOCC2)nc(C)c1C(=O)O. The van der Waals surface area contributed by atoms with Gasteiger partial charge in [0, 0.05) is 13.1 Å². The van der Waals surface area contributed by atoms with Crippen LogP contribution in [0.4, 0.5) is 5.95 Å². The first-order valence-corrected chi connectivity index (χ1v) is 5.51. The molecule has 0 unspecified atom stereocenters. The highest BCUT2D eigenvalue weighted by molar-refractivity contribution is 5.90. The van der Waals surface area contributed by atoms with Crippen LogP contribution >= 0.6 is 0 Å².